The zero-order valence-electron chi connectivity index (χ0n) is 15.5. The van der Waals surface area contributed by atoms with Gasteiger partial charge in [0.1, 0.15) is 24.5 Å². The normalized spacial score (nSPS) is 18.5. The number of nitrogens with two attached hydrogens (primary N) is 1. The van der Waals surface area contributed by atoms with Crippen LogP contribution in [0.4, 0.5) is 4.39 Å². The molecule has 28 heavy (non-hydrogen) atoms. The maximum absolute atomic E-state index is 14.6. The van der Waals surface area contributed by atoms with Crippen LogP contribution in [0, 0.1) is 12.7 Å². The molecule has 1 aromatic heterocycles. The van der Waals surface area contributed by atoms with Crippen LogP contribution < -0.4 is 10.5 Å². The molecule has 1 atom stereocenters. The highest BCUT2D eigenvalue weighted by atomic mass is 19.1. The van der Waals surface area contributed by atoms with Crippen molar-refractivity contribution in [3.63, 3.8) is 0 Å². The average molecular weight is 378 g/mol. The molecule has 0 saturated carbocycles. The molecule has 142 valence electrons. The lowest BCUT2D eigenvalue weighted by Gasteiger charge is -2.26. The molecule has 0 radical (unpaired) electrons. The summed E-state index contributed by atoms with van der Waals surface area (Å²) in [5.41, 5.74) is 8.68. The summed E-state index contributed by atoms with van der Waals surface area (Å²) in [6.45, 7) is 2.12. The fourth-order valence-corrected chi connectivity index (χ4v) is 3.47. The Bertz CT molecular complexity index is 1060. The van der Waals surface area contributed by atoms with Gasteiger partial charge >= 0.3 is 0 Å². The molecule has 0 amide bonds. The van der Waals surface area contributed by atoms with E-state index < -0.39 is 5.54 Å². The molecule has 4 rings (SSSR count). The Morgan fingerprint density at radius 1 is 1.07 bits per heavy atom. The van der Waals surface area contributed by atoms with Gasteiger partial charge in [-0.2, -0.15) is 0 Å². The smallest absolute Gasteiger partial charge is 0.283 e. The Hall–Kier alpha value is -3.48. The molecule has 0 spiro atoms. The first kappa shape index (κ1) is 17.9. The van der Waals surface area contributed by atoms with Gasteiger partial charge in [-0.15, -0.1) is 0 Å². The molecule has 3 aromatic rings. The number of methoxy groups -OCH3 is 1. The number of halogens is 1. The van der Waals surface area contributed by atoms with E-state index in [-0.39, 0.29) is 18.4 Å². The van der Waals surface area contributed by atoms with E-state index in [0.29, 0.717) is 16.7 Å². The molecule has 1 aliphatic rings. The number of benzene rings is 2. The van der Waals surface area contributed by atoms with Gasteiger partial charge in [-0.05, 0) is 59.5 Å². The van der Waals surface area contributed by atoms with Crippen LogP contribution in [0.25, 0.3) is 11.1 Å². The molecule has 0 saturated heterocycles. The van der Waals surface area contributed by atoms with Crippen molar-refractivity contribution in [2.45, 2.75) is 12.5 Å². The Balaban J connectivity index is 1.90. The minimum atomic E-state index is -0.951. The van der Waals surface area contributed by atoms with Crippen molar-refractivity contribution in [2.75, 3.05) is 13.7 Å². The predicted molar refractivity (Wildman–Crippen MR) is 104 cm³/mol. The molecular formula is C21H19FN4O2. The minimum Gasteiger partial charge on any atom is -0.496 e. The van der Waals surface area contributed by atoms with Gasteiger partial charge in [-0.3, -0.25) is 0 Å². The third-order valence-corrected chi connectivity index (χ3v) is 4.87. The standard InChI is InChI=1S/C21H19FN4O2/c1-13-5-16(3-4-19(13)27-2)21(11-28-20(23)26-21)17-6-14(7-18(22)8-17)15-9-24-12-25-10-15/h3-10,12H,11H2,1-2H3,(H2,23,26)/t21-/m0/s1. The number of nitrogens with zero attached hydrogens (tertiary/aromatic N) is 3. The van der Waals surface area contributed by atoms with Crippen molar-refractivity contribution in [2.24, 2.45) is 10.7 Å². The lowest BCUT2D eigenvalue weighted by atomic mass is 9.82. The number of amidine groups is 1. The molecule has 2 aromatic carbocycles. The van der Waals surface area contributed by atoms with Crippen LogP contribution in [0.2, 0.25) is 0 Å². The monoisotopic (exact) mass is 378 g/mol. The Labute approximate surface area is 161 Å². The summed E-state index contributed by atoms with van der Waals surface area (Å²) >= 11 is 0. The van der Waals surface area contributed by atoms with E-state index in [1.807, 2.05) is 31.2 Å². The number of aliphatic imine (C=N–C) groups is 1. The van der Waals surface area contributed by atoms with Crippen molar-refractivity contribution in [1.82, 2.24) is 9.97 Å². The molecular weight excluding hydrogens is 359 g/mol. The molecule has 1 aliphatic heterocycles. The number of ether oxygens (including phenoxy) is 2. The van der Waals surface area contributed by atoms with E-state index in [1.54, 1.807) is 19.5 Å². The maximum atomic E-state index is 14.6. The van der Waals surface area contributed by atoms with Crippen LogP contribution in [0.1, 0.15) is 16.7 Å². The van der Waals surface area contributed by atoms with Crippen molar-refractivity contribution >= 4 is 6.02 Å². The summed E-state index contributed by atoms with van der Waals surface area (Å²) in [4.78, 5) is 12.6. The van der Waals surface area contributed by atoms with Crippen LogP contribution in [-0.2, 0) is 10.3 Å². The number of rotatable bonds is 4. The topological polar surface area (TPSA) is 82.6 Å². The summed E-state index contributed by atoms with van der Waals surface area (Å²) in [7, 11) is 1.62. The number of aryl methyl sites for hydroxylation is 1. The Morgan fingerprint density at radius 3 is 2.50 bits per heavy atom. The first-order valence-corrected chi connectivity index (χ1v) is 8.71. The van der Waals surface area contributed by atoms with Gasteiger partial charge in [0.25, 0.3) is 6.02 Å². The van der Waals surface area contributed by atoms with Gasteiger partial charge in [-0.1, -0.05) is 6.07 Å². The second kappa shape index (κ2) is 6.92. The molecule has 0 aliphatic carbocycles. The quantitative estimate of drug-likeness (QED) is 0.754. The van der Waals surface area contributed by atoms with Crippen molar-refractivity contribution in [1.29, 1.82) is 0 Å². The second-order valence-electron chi connectivity index (χ2n) is 6.64. The van der Waals surface area contributed by atoms with E-state index in [0.717, 1.165) is 16.9 Å². The molecule has 0 bridgehead atoms. The summed E-state index contributed by atoms with van der Waals surface area (Å²) < 4.78 is 25.4. The van der Waals surface area contributed by atoms with Crippen molar-refractivity contribution in [3.8, 4) is 16.9 Å². The lowest BCUT2D eigenvalue weighted by Crippen LogP contribution is -2.27. The van der Waals surface area contributed by atoms with Crippen molar-refractivity contribution in [3.05, 3.63) is 77.6 Å². The average Bonchev–Trinajstić information content (AvgIpc) is 3.11. The van der Waals surface area contributed by atoms with Gasteiger partial charge in [0, 0.05) is 18.0 Å². The fourth-order valence-electron chi connectivity index (χ4n) is 3.47. The van der Waals surface area contributed by atoms with E-state index in [1.165, 1.54) is 18.5 Å². The molecule has 2 heterocycles. The zero-order chi connectivity index (χ0) is 19.7. The van der Waals surface area contributed by atoms with Crippen LogP contribution in [0.3, 0.4) is 0 Å². The Morgan fingerprint density at radius 2 is 1.86 bits per heavy atom. The number of hydrogen-bond donors (Lipinski definition) is 1. The third-order valence-electron chi connectivity index (χ3n) is 4.87. The van der Waals surface area contributed by atoms with E-state index >= 15 is 0 Å². The predicted octanol–water partition coefficient (Wildman–Crippen LogP) is 3.19. The third kappa shape index (κ3) is 3.05. The van der Waals surface area contributed by atoms with Crippen LogP contribution in [0.15, 0.2) is 60.1 Å². The van der Waals surface area contributed by atoms with Crippen LogP contribution >= 0.6 is 0 Å². The Kier molecular flexibility index (Phi) is 4.43. The SMILES string of the molecule is COc1ccc([C@]2(c3cc(F)cc(-c4cncnc4)c3)COC(N)=N2)cc1C. The molecule has 0 fully saturated rings. The molecule has 6 nitrogen and oxygen atoms in total. The van der Waals surface area contributed by atoms with Crippen LogP contribution in [0.5, 0.6) is 5.75 Å². The lowest BCUT2D eigenvalue weighted by molar-refractivity contribution is 0.278. The first-order valence-electron chi connectivity index (χ1n) is 8.71. The van der Waals surface area contributed by atoms with E-state index in [9.17, 15) is 4.39 Å². The summed E-state index contributed by atoms with van der Waals surface area (Å²) in [6.07, 6.45) is 4.71. The zero-order valence-corrected chi connectivity index (χ0v) is 15.5. The molecule has 7 heteroatoms. The highest BCUT2D eigenvalue weighted by molar-refractivity contribution is 5.76. The largest absolute Gasteiger partial charge is 0.496 e. The first-order chi connectivity index (χ1) is 13.5. The van der Waals surface area contributed by atoms with Gasteiger partial charge in [0.05, 0.1) is 7.11 Å². The van der Waals surface area contributed by atoms with Crippen LogP contribution in [-0.4, -0.2) is 29.7 Å². The molecule has 2 N–H and O–H groups in total. The summed E-state index contributed by atoms with van der Waals surface area (Å²) in [5, 5.41) is 0. The minimum absolute atomic E-state index is 0.0716. The highest BCUT2D eigenvalue weighted by Gasteiger charge is 2.41. The maximum Gasteiger partial charge on any atom is 0.283 e. The number of aromatic nitrogens is 2. The summed E-state index contributed by atoms with van der Waals surface area (Å²) in [6, 6.07) is 10.6. The fraction of sp³-hybridized carbons (Fsp3) is 0.190. The van der Waals surface area contributed by atoms with Gasteiger partial charge < -0.3 is 15.2 Å². The van der Waals surface area contributed by atoms with Crippen molar-refractivity contribution < 1.29 is 13.9 Å². The number of hydrogen-bond acceptors (Lipinski definition) is 6. The summed E-state index contributed by atoms with van der Waals surface area (Å²) in [5.74, 6) is 0.373. The van der Waals surface area contributed by atoms with Gasteiger partial charge in [0.2, 0.25) is 0 Å². The molecule has 0 unspecified atom stereocenters. The second-order valence-corrected chi connectivity index (χ2v) is 6.64. The van der Waals surface area contributed by atoms with Gasteiger partial charge in [0.15, 0.2) is 5.54 Å². The van der Waals surface area contributed by atoms with E-state index in [2.05, 4.69) is 15.0 Å². The van der Waals surface area contributed by atoms with E-state index in [4.69, 9.17) is 15.2 Å². The van der Waals surface area contributed by atoms with Gasteiger partial charge in [-0.25, -0.2) is 19.4 Å². The highest BCUT2D eigenvalue weighted by Crippen LogP contribution is 2.40.